The Bertz CT molecular complexity index is 441. The lowest BCUT2D eigenvalue weighted by molar-refractivity contribution is -0.170. The topological polar surface area (TPSA) is 55.8 Å². The van der Waals surface area contributed by atoms with Crippen LogP contribution >= 0.6 is 0 Å². The largest absolute Gasteiger partial charge is 0.493 e. The summed E-state index contributed by atoms with van der Waals surface area (Å²) in [5, 5.41) is 9.45. The Hall–Kier alpha value is -1.81. The molecule has 1 aromatic rings. The molecule has 2 rings (SSSR count). The summed E-state index contributed by atoms with van der Waals surface area (Å²) in [4.78, 5) is 11.5. The van der Waals surface area contributed by atoms with E-state index in [1.807, 2.05) is 6.07 Å². The summed E-state index contributed by atoms with van der Waals surface area (Å²) in [6.45, 7) is 4.07. The Morgan fingerprint density at radius 3 is 3.06 bits per heavy atom. The molecule has 0 spiro atoms. The summed E-state index contributed by atoms with van der Waals surface area (Å²) in [6, 6.07) is 7.07. The molecule has 1 atom stereocenters. The lowest BCUT2D eigenvalue weighted by Gasteiger charge is -2.34. The summed E-state index contributed by atoms with van der Waals surface area (Å²) in [7, 11) is 0. The third kappa shape index (κ3) is 1.91. The second-order valence-corrected chi connectivity index (χ2v) is 3.83. The van der Waals surface area contributed by atoms with Crippen molar-refractivity contribution in [2.24, 2.45) is 0 Å². The molecule has 0 radical (unpaired) electrons. The van der Waals surface area contributed by atoms with Crippen molar-refractivity contribution in [3.05, 3.63) is 42.5 Å². The summed E-state index contributed by atoms with van der Waals surface area (Å²) >= 11 is 0. The number of hydrogen-bond acceptors (Lipinski definition) is 3. The Morgan fingerprint density at radius 1 is 1.59 bits per heavy atom. The molecule has 90 valence electrons. The van der Waals surface area contributed by atoms with E-state index in [-0.39, 0.29) is 6.61 Å². The van der Waals surface area contributed by atoms with Gasteiger partial charge in [0, 0.05) is 12.0 Å². The molecule has 1 N–H and O–H groups in total. The van der Waals surface area contributed by atoms with E-state index in [1.54, 1.807) is 24.3 Å². The second-order valence-electron chi connectivity index (χ2n) is 3.83. The van der Waals surface area contributed by atoms with Gasteiger partial charge in [-0.2, -0.15) is 0 Å². The lowest BCUT2D eigenvalue weighted by atomic mass is 9.88. The SMILES string of the molecule is C=CCOC1(C(=O)O)CCOc2ccccc21. The maximum Gasteiger partial charge on any atom is 0.340 e. The Morgan fingerprint density at radius 2 is 2.35 bits per heavy atom. The zero-order valence-corrected chi connectivity index (χ0v) is 9.39. The van der Waals surface area contributed by atoms with E-state index in [4.69, 9.17) is 9.47 Å². The molecule has 0 aliphatic carbocycles. The van der Waals surface area contributed by atoms with Gasteiger partial charge < -0.3 is 14.6 Å². The average molecular weight is 234 g/mol. The zero-order valence-electron chi connectivity index (χ0n) is 9.39. The first-order valence-electron chi connectivity index (χ1n) is 5.41. The van der Waals surface area contributed by atoms with Crippen LogP contribution in [-0.4, -0.2) is 24.3 Å². The molecular formula is C13H14O4. The van der Waals surface area contributed by atoms with E-state index in [1.165, 1.54) is 0 Å². The first-order valence-corrected chi connectivity index (χ1v) is 5.41. The Kier molecular flexibility index (Phi) is 3.15. The molecule has 1 aromatic carbocycles. The number of rotatable bonds is 4. The van der Waals surface area contributed by atoms with E-state index >= 15 is 0 Å². The molecule has 4 heteroatoms. The van der Waals surface area contributed by atoms with Gasteiger partial charge in [0.2, 0.25) is 0 Å². The van der Waals surface area contributed by atoms with Gasteiger partial charge in [-0.3, -0.25) is 0 Å². The molecule has 0 saturated carbocycles. The monoisotopic (exact) mass is 234 g/mol. The van der Waals surface area contributed by atoms with E-state index in [9.17, 15) is 9.90 Å². The highest BCUT2D eigenvalue weighted by Crippen LogP contribution is 2.39. The van der Waals surface area contributed by atoms with Gasteiger partial charge in [-0.25, -0.2) is 4.79 Å². The van der Waals surface area contributed by atoms with Crippen LogP contribution in [0.2, 0.25) is 0 Å². The summed E-state index contributed by atoms with van der Waals surface area (Å²) < 4.78 is 10.9. The Balaban J connectivity index is 2.47. The van der Waals surface area contributed by atoms with Crippen LogP contribution < -0.4 is 4.74 Å². The number of ether oxygens (including phenoxy) is 2. The first-order chi connectivity index (χ1) is 8.20. The maximum atomic E-state index is 11.5. The van der Waals surface area contributed by atoms with Crippen LogP contribution in [0.15, 0.2) is 36.9 Å². The van der Waals surface area contributed by atoms with Crippen molar-refractivity contribution in [2.45, 2.75) is 12.0 Å². The van der Waals surface area contributed by atoms with E-state index < -0.39 is 11.6 Å². The lowest BCUT2D eigenvalue weighted by Crippen LogP contribution is -2.43. The minimum absolute atomic E-state index is 0.195. The number of hydrogen-bond donors (Lipinski definition) is 1. The molecule has 0 amide bonds. The highest BCUT2D eigenvalue weighted by atomic mass is 16.5. The van der Waals surface area contributed by atoms with Gasteiger partial charge in [0.15, 0.2) is 5.60 Å². The molecule has 1 aliphatic rings. The van der Waals surface area contributed by atoms with E-state index in [0.717, 1.165) is 0 Å². The molecular weight excluding hydrogens is 220 g/mol. The quantitative estimate of drug-likeness (QED) is 0.809. The minimum Gasteiger partial charge on any atom is -0.493 e. The van der Waals surface area contributed by atoms with Crippen molar-refractivity contribution in [3.63, 3.8) is 0 Å². The first kappa shape index (κ1) is 11.7. The smallest absolute Gasteiger partial charge is 0.340 e. The molecule has 17 heavy (non-hydrogen) atoms. The minimum atomic E-state index is -1.32. The van der Waals surface area contributed by atoms with E-state index in [2.05, 4.69) is 6.58 Å². The predicted molar refractivity (Wildman–Crippen MR) is 62.0 cm³/mol. The van der Waals surface area contributed by atoms with Gasteiger partial charge in [-0.15, -0.1) is 6.58 Å². The maximum absolute atomic E-state index is 11.5. The molecule has 0 aromatic heterocycles. The average Bonchev–Trinajstić information content (AvgIpc) is 2.36. The van der Waals surface area contributed by atoms with Gasteiger partial charge in [-0.05, 0) is 6.07 Å². The van der Waals surface area contributed by atoms with Crippen LogP contribution in [0.1, 0.15) is 12.0 Å². The number of fused-ring (bicyclic) bond motifs is 1. The summed E-state index contributed by atoms with van der Waals surface area (Å²) in [5.74, 6) is -0.416. The number of carboxylic acids is 1. The van der Waals surface area contributed by atoms with Crippen molar-refractivity contribution in [3.8, 4) is 5.75 Å². The third-order valence-electron chi connectivity index (χ3n) is 2.83. The molecule has 4 nitrogen and oxygen atoms in total. The van der Waals surface area contributed by atoms with Crippen molar-refractivity contribution in [2.75, 3.05) is 13.2 Å². The summed E-state index contributed by atoms with van der Waals surface area (Å²) in [5.41, 5.74) is -0.746. The number of para-hydroxylation sites is 1. The molecule has 1 heterocycles. The number of carbonyl (C=O) groups is 1. The number of carboxylic acid groups (broad SMARTS) is 1. The van der Waals surface area contributed by atoms with Crippen molar-refractivity contribution >= 4 is 5.97 Å². The Labute approximate surface area is 99.5 Å². The van der Waals surface area contributed by atoms with Crippen molar-refractivity contribution in [1.29, 1.82) is 0 Å². The van der Waals surface area contributed by atoms with Crippen molar-refractivity contribution in [1.82, 2.24) is 0 Å². The molecule has 0 bridgehead atoms. The zero-order chi connectivity index (χ0) is 12.3. The molecule has 1 aliphatic heterocycles. The van der Waals surface area contributed by atoms with Crippen LogP contribution in [0.5, 0.6) is 5.75 Å². The van der Waals surface area contributed by atoms with Gasteiger partial charge >= 0.3 is 5.97 Å². The van der Waals surface area contributed by atoms with Gasteiger partial charge in [0.05, 0.1) is 13.2 Å². The number of benzene rings is 1. The molecule has 1 unspecified atom stereocenters. The third-order valence-corrected chi connectivity index (χ3v) is 2.83. The molecule has 0 fully saturated rings. The fourth-order valence-corrected chi connectivity index (χ4v) is 2.00. The normalized spacial score (nSPS) is 22.4. The van der Waals surface area contributed by atoms with Crippen LogP contribution in [0.25, 0.3) is 0 Å². The predicted octanol–water partition coefficient (Wildman–Crippen LogP) is 1.95. The standard InChI is InChI=1S/C13H14O4/c1-2-8-17-13(12(14)15)7-9-16-11-6-4-3-5-10(11)13/h2-6H,1,7-9H2,(H,14,15). The highest BCUT2D eigenvalue weighted by molar-refractivity contribution is 5.81. The fourth-order valence-electron chi connectivity index (χ4n) is 2.00. The van der Waals surface area contributed by atoms with Crippen LogP contribution in [0.4, 0.5) is 0 Å². The van der Waals surface area contributed by atoms with Crippen molar-refractivity contribution < 1.29 is 19.4 Å². The number of aliphatic carboxylic acids is 1. The second kappa shape index (κ2) is 4.59. The summed E-state index contributed by atoms with van der Waals surface area (Å²) in [6.07, 6.45) is 1.84. The van der Waals surface area contributed by atoms with Crippen LogP contribution in [0, 0.1) is 0 Å². The fraction of sp³-hybridized carbons (Fsp3) is 0.308. The van der Waals surface area contributed by atoms with Gasteiger partial charge in [0.1, 0.15) is 5.75 Å². The highest BCUT2D eigenvalue weighted by Gasteiger charge is 2.45. The van der Waals surface area contributed by atoms with Crippen LogP contribution in [-0.2, 0) is 15.1 Å². The van der Waals surface area contributed by atoms with E-state index in [0.29, 0.717) is 24.3 Å². The van der Waals surface area contributed by atoms with Crippen LogP contribution in [0.3, 0.4) is 0 Å². The molecule has 0 saturated heterocycles. The van der Waals surface area contributed by atoms with Gasteiger partial charge in [-0.1, -0.05) is 24.3 Å². The van der Waals surface area contributed by atoms with Gasteiger partial charge in [0.25, 0.3) is 0 Å².